The monoisotopic (exact) mass is 483 g/mol. The zero-order valence-electron chi connectivity index (χ0n) is 16.3. The van der Waals surface area contributed by atoms with Crippen LogP contribution in [0.25, 0.3) is 0 Å². The van der Waals surface area contributed by atoms with Gasteiger partial charge in [0, 0.05) is 11.8 Å². The molecule has 0 saturated heterocycles. The Kier molecular flexibility index (Phi) is 6.79. The quantitative estimate of drug-likeness (QED) is 0.450. The van der Waals surface area contributed by atoms with Gasteiger partial charge in [-0.3, -0.25) is 4.72 Å². The van der Waals surface area contributed by atoms with Crippen molar-refractivity contribution in [3.63, 3.8) is 0 Å². The van der Waals surface area contributed by atoms with Crippen LogP contribution in [0.4, 0.5) is 30.4 Å². The van der Waals surface area contributed by atoms with E-state index in [1.807, 2.05) is 0 Å². The second-order valence-electron chi connectivity index (χ2n) is 6.20. The number of benzene rings is 2. The van der Waals surface area contributed by atoms with E-state index in [0.29, 0.717) is 5.69 Å². The molecule has 2 aromatic carbocycles. The molecule has 0 radical (unpaired) electrons. The van der Waals surface area contributed by atoms with E-state index in [0.717, 1.165) is 12.4 Å². The van der Waals surface area contributed by atoms with Gasteiger partial charge in [0.15, 0.2) is 5.11 Å². The lowest BCUT2D eigenvalue weighted by Crippen LogP contribution is -2.21. The summed E-state index contributed by atoms with van der Waals surface area (Å²) >= 11 is 5.07. The molecule has 0 fully saturated rings. The molecular weight excluding hydrogens is 467 g/mol. The Balaban J connectivity index is 1.69. The molecule has 0 bridgehead atoms. The van der Waals surface area contributed by atoms with Crippen LogP contribution in [-0.2, 0) is 16.2 Å². The summed E-state index contributed by atoms with van der Waals surface area (Å²) in [4.78, 5) is 7.54. The van der Waals surface area contributed by atoms with Crippen LogP contribution in [0.15, 0.2) is 65.8 Å². The number of alkyl halides is 3. The Hall–Kier alpha value is -3.45. The highest BCUT2D eigenvalue weighted by atomic mass is 32.2. The van der Waals surface area contributed by atoms with E-state index in [9.17, 15) is 21.6 Å². The lowest BCUT2D eigenvalue weighted by atomic mass is 10.1. The Morgan fingerprint density at radius 3 is 2.38 bits per heavy atom. The number of nitrogens with one attached hydrogen (secondary N) is 3. The van der Waals surface area contributed by atoms with Gasteiger partial charge in [0.2, 0.25) is 5.88 Å². The van der Waals surface area contributed by atoms with Crippen molar-refractivity contribution in [2.24, 2.45) is 0 Å². The van der Waals surface area contributed by atoms with Gasteiger partial charge in [-0.2, -0.15) is 13.2 Å². The molecule has 3 aromatic rings. The molecule has 1 heterocycles. The molecule has 3 N–H and O–H groups in total. The van der Waals surface area contributed by atoms with Crippen LogP contribution < -0.4 is 20.1 Å². The van der Waals surface area contributed by atoms with E-state index in [1.54, 1.807) is 0 Å². The van der Waals surface area contributed by atoms with Gasteiger partial charge in [0.1, 0.15) is 12.1 Å². The Morgan fingerprint density at radius 2 is 1.72 bits per heavy atom. The predicted molar refractivity (Wildman–Crippen MR) is 117 cm³/mol. The maximum Gasteiger partial charge on any atom is 0.418 e. The van der Waals surface area contributed by atoms with E-state index >= 15 is 0 Å². The van der Waals surface area contributed by atoms with Crippen molar-refractivity contribution in [2.45, 2.75) is 11.1 Å². The summed E-state index contributed by atoms with van der Waals surface area (Å²) in [5.74, 6) is 0.207. The fraction of sp³-hybridized carbons (Fsp3) is 0.105. The fourth-order valence-electron chi connectivity index (χ4n) is 2.54. The average Bonchev–Trinajstić information content (AvgIpc) is 2.73. The van der Waals surface area contributed by atoms with Crippen molar-refractivity contribution in [3.8, 4) is 5.88 Å². The van der Waals surface area contributed by atoms with E-state index in [4.69, 9.17) is 17.0 Å². The highest BCUT2D eigenvalue weighted by molar-refractivity contribution is 7.92. The second kappa shape index (κ2) is 9.36. The first kappa shape index (κ1) is 23.2. The third-order valence-electron chi connectivity index (χ3n) is 3.99. The fourth-order valence-corrected chi connectivity index (χ4v) is 3.77. The van der Waals surface area contributed by atoms with Crippen LogP contribution in [0.1, 0.15) is 5.56 Å². The first-order chi connectivity index (χ1) is 15.1. The van der Waals surface area contributed by atoms with Crippen molar-refractivity contribution in [1.82, 2.24) is 9.97 Å². The molecule has 8 nitrogen and oxygen atoms in total. The van der Waals surface area contributed by atoms with Gasteiger partial charge in [0.25, 0.3) is 10.0 Å². The molecule has 0 unspecified atom stereocenters. The smallest absolute Gasteiger partial charge is 0.418 e. The number of thiocarbonyl (C=S) groups is 1. The van der Waals surface area contributed by atoms with Gasteiger partial charge in [-0.15, -0.1) is 0 Å². The SMILES string of the molecule is COc1cc(NS(=O)(=O)c2ccc(NC(=S)Nc3ccccc3C(F)(F)F)cc2)ncn1. The molecular formula is C19H16F3N5O3S2. The Bertz CT molecular complexity index is 1220. The number of halogens is 3. The van der Waals surface area contributed by atoms with Crippen molar-refractivity contribution >= 4 is 44.5 Å². The third-order valence-corrected chi connectivity index (χ3v) is 5.57. The van der Waals surface area contributed by atoms with Crippen LogP contribution in [0, 0.1) is 0 Å². The number of anilines is 3. The largest absolute Gasteiger partial charge is 0.481 e. The summed E-state index contributed by atoms with van der Waals surface area (Å²) in [6.07, 6.45) is -3.40. The van der Waals surface area contributed by atoms with E-state index < -0.39 is 21.8 Å². The van der Waals surface area contributed by atoms with Crippen LogP contribution >= 0.6 is 12.2 Å². The van der Waals surface area contributed by atoms with Crippen LogP contribution in [-0.4, -0.2) is 30.6 Å². The summed E-state index contributed by atoms with van der Waals surface area (Å²) in [6.45, 7) is 0. The van der Waals surface area contributed by atoms with E-state index in [1.165, 1.54) is 55.6 Å². The number of sulfonamides is 1. The highest BCUT2D eigenvalue weighted by Crippen LogP contribution is 2.34. The van der Waals surface area contributed by atoms with Crippen LogP contribution in [0.5, 0.6) is 5.88 Å². The average molecular weight is 483 g/mol. The molecule has 3 rings (SSSR count). The number of methoxy groups -OCH3 is 1. The molecule has 13 heteroatoms. The number of rotatable bonds is 6. The highest BCUT2D eigenvalue weighted by Gasteiger charge is 2.33. The molecule has 1 aromatic heterocycles. The molecule has 0 amide bonds. The summed E-state index contributed by atoms with van der Waals surface area (Å²) in [5.41, 5.74) is -0.700. The Labute approximate surface area is 186 Å². The predicted octanol–water partition coefficient (Wildman–Crippen LogP) is 4.11. The van der Waals surface area contributed by atoms with Crippen molar-refractivity contribution in [2.75, 3.05) is 22.5 Å². The lowest BCUT2D eigenvalue weighted by molar-refractivity contribution is -0.136. The van der Waals surface area contributed by atoms with Crippen molar-refractivity contribution in [1.29, 1.82) is 0 Å². The normalized spacial score (nSPS) is 11.5. The summed E-state index contributed by atoms with van der Waals surface area (Å²) in [7, 11) is -2.57. The van der Waals surface area contributed by atoms with Gasteiger partial charge < -0.3 is 15.4 Å². The molecule has 0 atom stereocenters. The zero-order valence-corrected chi connectivity index (χ0v) is 18.0. The van der Waals surface area contributed by atoms with Crippen molar-refractivity contribution < 1.29 is 26.3 Å². The van der Waals surface area contributed by atoms with Gasteiger partial charge in [-0.25, -0.2) is 18.4 Å². The molecule has 0 saturated carbocycles. The minimum atomic E-state index is -4.55. The molecule has 32 heavy (non-hydrogen) atoms. The topological polar surface area (TPSA) is 105 Å². The number of hydrogen-bond acceptors (Lipinski definition) is 6. The lowest BCUT2D eigenvalue weighted by Gasteiger charge is -2.16. The van der Waals surface area contributed by atoms with Crippen molar-refractivity contribution in [3.05, 3.63) is 66.5 Å². The second-order valence-corrected chi connectivity index (χ2v) is 8.29. The van der Waals surface area contributed by atoms with Gasteiger partial charge in [-0.05, 0) is 48.6 Å². The summed E-state index contributed by atoms with van der Waals surface area (Å²) in [5, 5.41) is 5.12. The maximum absolute atomic E-state index is 13.1. The first-order valence-corrected chi connectivity index (χ1v) is 10.7. The summed E-state index contributed by atoms with van der Waals surface area (Å²) < 4.78 is 71.6. The van der Waals surface area contributed by atoms with Gasteiger partial charge in [0.05, 0.1) is 23.3 Å². The molecule has 0 aliphatic heterocycles. The number of aromatic nitrogens is 2. The number of hydrogen-bond donors (Lipinski definition) is 3. The third kappa shape index (κ3) is 5.82. The number of para-hydroxylation sites is 1. The maximum atomic E-state index is 13.1. The minimum absolute atomic E-state index is 0.0211. The Morgan fingerprint density at radius 1 is 1.03 bits per heavy atom. The first-order valence-electron chi connectivity index (χ1n) is 8.81. The van der Waals surface area contributed by atoms with Crippen LogP contribution in [0.3, 0.4) is 0 Å². The molecule has 168 valence electrons. The molecule has 0 aliphatic rings. The number of ether oxygens (including phenoxy) is 1. The standard InChI is InChI=1S/C19H16F3N5O3S2/c1-30-17-10-16(23-11-24-17)27-32(28,29)13-8-6-12(7-9-13)25-18(31)26-15-5-3-2-4-14(15)19(20,21)22/h2-11H,1H3,(H,23,24,27)(H2,25,26,31). The molecule has 0 aliphatic carbocycles. The van der Waals surface area contributed by atoms with E-state index in [-0.39, 0.29) is 27.4 Å². The van der Waals surface area contributed by atoms with Gasteiger partial charge in [-0.1, -0.05) is 12.1 Å². The van der Waals surface area contributed by atoms with E-state index in [2.05, 4.69) is 25.3 Å². The number of nitrogens with zero attached hydrogens (tertiary/aromatic N) is 2. The van der Waals surface area contributed by atoms with Crippen LogP contribution in [0.2, 0.25) is 0 Å². The van der Waals surface area contributed by atoms with Gasteiger partial charge >= 0.3 is 6.18 Å². The summed E-state index contributed by atoms with van der Waals surface area (Å²) in [6, 6.07) is 11.7. The molecule has 0 spiro atoms. The minimum Gasteiger partial charge on any atom is -0.481 e. The zero-order chi connectivity index (χ0) is 23.4.